The van der Waals surface area contributed by atoms with Crippen LogP contribution in [0.2, 0.25) is 0 Å². The lowest BCUT2D eigenvalue weighted by Gasteiger charge is -2.20. The summed E-state index contributed by atoms with van der Waals surface area (Å²) >= 11 is 0. The number of ether oxygens (including phenoxy) is 2. The van der Waals surface area contributed by atoms with Crippen molar-refractivity contribution in [3.63, 3.8) is 0 Å². The molecule has 2 aromatic rings. The Morgan fingerprint density at radius 3 is 2.56 bits per heavy atom. The van der Waals surface area contributed by atoms with E-state index in [4.69, 9.17) is 9.47 Å². The van der Waals surface area contributed by atoms with Crippen molar-refractivity contribution in [2.75, 3.05) is 12.1 Å². The Hall–Kier alpha value is -3.02. The van der Waals surface area contributed by atoms with E-state index in [1.165, 1.54) is 24.0 Å². The van der Waals surface area contributed by atoms with E-state index in [0.717, 1.165) is 18.4 Å². The van der Waals surface area contributed by atoms with Gasteiger partial charge in [0.2, 0.25) is 6.79 Å². The molecule has 2 aliphatic rings. The normalized spacial score (nSPS) is 15.6. The minimum absolute atomic E-state index is 0.158. The molecule has 2 N–H and O–H groups in total. The third-order valence-corrected chi connectivity index (χ3v) is 5.06. The number of rotatable bonds is 3. The fourth-order valence-corrected chi connectivity index (χ4v) is 3.53. The van der Waals surface area contributed by atoms with Gasteiger partial charge in [0, 0.05) is 11.8 Å². The molecule has 2 amide bonds. The molecule has 6 nitrogen and oxygen atoms in total. The van der Waals surface area contributed by atoms with Crippen LogP contribution in [0.15, 0.2) is 36.4 Å². The second-order valence-electron chi connectivity index (χ2n) is 6.95. The summed E-state index contributed by atoms with van der Waals surface area (Å²) in [6.45, 7) is 2.04. The van der Waals surface area contributed by atoms with Gasteiger partial charge in [-0.25, -0.2) is 0 Å². The molecule has 2 aromatic carbocycles. The monoisotopic (exact) mass is 366 g/mol. The van der Waals surface area contributed by atoms with Gasteiger partial charge in [0.15, 0.2) is 11.5 Å². The van der Waals surface area contributed by atoms with Crippen molar-refractivity contribution in [3.05, 3.63) is 53.1 Å². The standard InChI is InChI=1S/C21H22N2O4/c1-13(15-7-6-14-4-2-3-5-16(14)10-15)22-20(24)21(25)23-17-8-9-18-19(11-17)27-12-26-18/h6-11,13H,2-5,12H2,1H3,(H,22,24)(H,23,25). The van der Waals surface area contributed by atoms with Crippen LogP contribution >= 0.6 is 0 Å². The van der Waals surface area contributed by atoms with Crippen molar-refractivity contribution in [1.29, 1.82) is 0 Å². The van der Waals surface area contributed by atoms with E-state index in [0.29, 0.717) is 17.2 Å². The number of fused-ring (bicyclic) bond motifs is 2. The van der Waals surface area contributed by atoms with Gasteiger partial charge in [-0.2, -0.15) is 0 Å². The second kappa shape index (κ2) is 7.31. The van der Waals surface area contributed by atoms with Crippen LogP contribution in [0.3, 0.4) is 0 Å². The highest BCUT2D eigenvalue weighted by atomic mass is 16.7. The number of anilines is 1. The first-order chi connectivity index (χ1) is 13.1. The van der Waals surface area contributed by atoms with Crippen molar-refractivity contribution >= 4 is 17.5 Å². The van der Waals surface area contributed by atoms with Crippen molar-refractivity contribution in [2.24, 2.45) is 0 Å². The molecule has 0 fully saturated rings. The molecule has 0 aromatic heterocycles. The fraction of sp³-hybridized carbons (Fsp3) is 0.333. The molecule has 27 heavy (non-hydrogen) atoms. The molecule has 4 rings (SSSR count). The number of hydrogen-bond acceptors (Lipinski definition) is 4. The number of amides is 2. The molecule has 0 spiro atoms. The Morgan fingerprint density at radius 2 is 1.70 bits per heavy atom. The maximum absolute atomic E-state index is 12.3. The summed E-state index contributed by atoms with van der Waals surface area (Å²) in [7, 11) is 0. The number of benzene rings is 2. The van der Waals surface area contributed by atoms with Crippen LogP contribution in [0.25, 0.3) is 0 Å². The van der Waals surface area contributed by atoms with Gasteiger partial charge in [0.25, 0.3) is 0 Å². The predicted molar refractivity (Wildman–Crippen MR) is 101 cm³/mol. The molecular formula is C21H22N2O4. The van der Waals surface area contributed by atoms with Crippen molar-refractivity contribution in [1.82, 2.24) is 5.32 Å². The van der Waals surface area contributed by atoms with Gasteiger partial charge in [0.05, 0.1) is 6.04 Å². The van der Waals surface area contributed by atoms with Gasteiger partial charge in [-0.3, -0.25) is 9.59 Å². The third-order valence-electron chi connectivity index (χ3n) is 5.06. The molecule has 0 saturated heterocycles. The van der Waals surface area contributed by atoms with Gasteiger partial charge in [0.1, 0.15) is 0 Å². The van der Waals surface area contributed by atoms with Crippen LogP contribution in [0.5, 0.6) is 11.5 Å². The van der Waals surface area contributed by atoms with E-state index in [1.807, 2.05) is 13.0 Å². The lowest BCUT2D eigenvalue weighted by Crippen LogP contribution is -2.37. The average molecular weight is 366 g/mol. The molecule has 1 aliphatic heterocycles. The zero-order valence-electron chi connectivity index (χ0n) is 15.2. The Morgan fingerprint density at radius 1 is 0.926 bits per heavy atom. The van der Waals surface area contributed by atoms with Crippen LogP contribution in [-0.2, 0) is 22.4 Å². The second-order valence-corrected chi connectivity index (χ2v) is 6.95. The molecule has 0 bridgehead atoms. The number of hydrogen-bond donors (Lipinski definition) is 2. The largest absolute Gasteiger partial charge is 0.454 e. The molecule has 0 saturated carbocycles. The van der Waals surface area contributed by atoms with Gasteiger partial charge < -0.3 is 20.1 Å². The summed E-state index contributed by atoms with van der Waals surface area (Å²) in [6, 6.07) is 11.1. The van der Waals surface area contributed by atoms with Crippen molar-refractivity contribution in [2.45, 2.75) is 38.6 Å². The van der Waals surface area contributed by atoms with E-state index >= 15 is 0 Å². The third kappa shape index (κ3) is 3.74. The number of carbonyl (C=O) groups excluding carboxylic acids is 2. The highest BCUT2D eigenvalue weighted by molar-refractivity contribution is 6.39. The van der Waals surface area contributed by atoms with Crippen LogP contribution < -0.4 is 20.1 Å². The molecule has 140 valence electrons. The molecule has 0 radical (unpaired) electrons. The quantitative estimate of drug-likeness (QED) is 0.819. The smallest absolute Gasteiger partial charge is 0.313 e. The summed E-state index contributed by atoms with van der Waals surface area (Å²) < 4.78 is 10.5. The topological polar surface area (TPSA) is 76.7 Å². The Balaban J connectivity index is 1.38. The minimum atomic E-state index is -0.710. The summed E-state index contributed by atoms with van der Waals surface area (Å²) in [5.74, 6) is -0.203. The summed E-state index contributed by atoms with van der Waals surface area (Å²) in [4.78, 5) is 24.5. The van der Waals surface area contributed by atoms with Gasteiger partial charge in [-0.05, 0) is 61.4 Å². The highest BCUT2D eigenvalue weighted by Crippen LogP contribution is 2.34. The van der Waals surface area contributed by atoms with Crippen LogP contribution in [-0.4, -0.2) is 18.6 Å². The fourth-order valence-electron chi connectivity index (χ4n) is 3.53. The zero-order valence-corrected chi connectivity index (χ0v) is 15.2. The Labute approximate surface area is 157 Å². The molecule has 1 atom stereocenters. The molecule has 1 unspecified atom stereocenters. The highest BCUT2D eigenvalue weighted by Gasteiger charge is 2.20. The number of nitrogens with one attached hydrogen (secondary N) is 2. The minimum Gasteiger partial charge on any atom is -0.454 e. The van der Waals surface area contributed by atoms with Crippen molar-refractivity contribution < 1.29 is 19.1 Å². The van der Waals surface area contributed by atoms with Crippen LogP contribution in [0, 0.1) is 0 Å². The number of carbonyl (C=O) groups is 2. The first-order valence-electron chi connectivity index (χ1n) is 9.23. The zero-order chi connectivity index (χ0) is 18.8. The average Bonchev–Trinajstić information content (AvgIpc) is 3.15. The summed E-state index contributed by atoms with van der Waals surface area (Å²) in [5.41, 5.74) is 4.24. The molecule has 1 aliphatic carbocycles. The molecule has 6 heteroatoms. The van der Waals surface area contributed by atoms with Gasteiger partial charge in [-0.15, -0.1) is 0 Å². The predicted octanol–water partition coefficient (Wildman–Crippen LogP) is 3.11. The Kier molecular flexibility index (Phi) is 4.71. The first-order valence-corrected chi connectivity index (χ1v) is 9.23. The summed E-state index contributed by atoms with van der Waals surface area (Å²) in [6.07, 6.45) is 4.64. The van der Waals surface area contributed by atoms with Crippen LogP contribution in [0.4, 0.5) is 5.69 Å². The van der Waals surface area contributed by atoms with Crippen molar-refractivity contribution in [3.8, 4) is 11.5 Å². The van der Waals surface area contributed by atoms with Gasteiger partial charge >= 0.3 is 11.8 Å². The lowest BCUT2D eigenvalue weighted by molar-refractivity contribution is -0.136. The molecule has 1 heterocycles. The maximum Gasteiger partial charge on any atom is 0.313 e. The molecular weight excluding hydrogens is 344 g/mol. The van der Waals surface area contributed by atoms with E-state index in [2.05, 4.69) is 22.8 Å². The van der Waals surface area contributed by atoms with Crippen LogP contribution in [0.1, 0.15) is 42.5 Å². The van der Waals surface area contributed by atoms with E-state index in [-0.39, 0.29) is 12.8 Å². The lowest BCUT2D eigenvalue weighted by atomic mass is 9.89. The van der Waals surface area contributed by atoms with E-state index in [1.54, 1.807) is 18.2 Å². The van der Waals surface area contributed by atoms with E-state index < -0.39 is 11.8 Å². The van der Waals surface area contributed by atoms with E-state index in [9.17, 15) is 9.59 Å². The summed E-state index contributed by atoms with van der Waals surface area (Å²) in [5, 5.41) is 5.36. The first kappa shape index (κ1) is 17.4. The van der Waals surface area contributed by atoms with Gasteiger partial charge in [-0.1, -0.05) is 18.2 Å². The number of aryl methyl sites for hydroxylation is 2. The maximum atomic E-state index is 12.3. The SMILES string of the molecule is CC(NC(=O)C(=O)Nc1ccc2c(c1)OCO2)c1ccc2c(c1)CCCC2. The Bertz CT molecular complexity index is 894.